The van der Waals surface area contributed by atoms with Crippen molar-refractivity contribution in [3.8, 4) is 0 Å². The lowest BCUT2D eigenvalue weighted by molar-refractivity contribution is -0.465. The summed E-state index contributed by atoms with van der Waals surface area (Å²) in [6.07, 6.45) is -11.6. The Morgan fingerprint density at radius 2 is 0.641 bits per heavy atom. The van der Waals surface area contributed by atoms with Crippen LogP contribution < -0.4 is 6.15 Å². The Labute approximate surface area is 198 Å². The van der Waals surface area contributed by atoms with Crippen molar-refractivity contribution in [2.75, 3.05) is 0 Å². The molecule has 0 saturated carbocycles. The van der Waals surface area contributed by atoms with Gasteiger partial charge in [-0.1, -0.05) is 0 Å². The summed E-state index contributed by atoms with van der Waals surface area (Å²) in [6, 6.07) is 0. The Kier molecular flexibility index (Phi) is 10.1. The lowest BCUT2D eigenvalue weighted by atomic mass is 9.86. The van der Waals surface area contributed by atoms with Crippen LogP contribution in [0.5, 0.6) is 0 Å². The van der Waals surface area contributed by atoms with Crippen LogP contribution in [0.2, 0.25) is 0 Å². The first-order chi connectivity index (χ1) is 16.0. The van der Waals surface area contributed by atoms with Crippen molar-refractivity contribution in [1.82, 2.24) is 6.15 Å². The van der Waals surface area contributed by atoms with E-state index in [1.165, 1.54) is 0 Å². The van der Waals surface area contributed by atoms with Gasteiger partial charge in [0.2, 0.25) is 6.17 Å². The highest BCUT2D eigenvalue weighted by molar-refractivity contribution is 7.86. The van der Waals surface area contributed by atoms with E-state index in [0.717, 1.165) is 0 Å². The third-order valence-electron chi connectivity index (χ3n) is 4.32. The van der Waals surface area contributed by atoms with Crippen molar-refractivity contribution in [1.29, 1.82) is 0 Å². The molecule has 238 valence electrons. The van der Waals surface area contributed by atoms with Gasteiger partial charge in [0, 0.05) is 0 Å². The van der Waals surface area contributed by atoms with E-state index in [9.17, 15) is 105 Å². The summed E-state index contributed by atoms with van der Waals surface area (Å²) in [4.78, 5) is 0. The smallest absolute Gasteiger partial charge is 0.344 e. The summed E-state index contributed by atoms with van der Waals surface area (Å²) in [5, 5.41) is 0. The molecule has 0 aromatic rings. The zero-order chi connectivity index (χ0) is 31.7. The molecule has 0 rings (SSSR count). The second-order valence-corrected chi connectivity index (χ2v) is 8.28. The molecule has 0 bridgehead atoms. The van der Waals surface area contributed by atoms with Crippen LogP contribution in [0.1, 0.15) is 0 Å². The average Bonchev–Trinajstić information content (AvgIpc) is 2.70. The molecule has 0 saturated heterocycles. The monoisotopic (exact) mass is 663 g/mol. The van der Waals surface area contributed by atoms with E-state index in [2.05, 4.69) is 0 Å². The molecular formula is C12H7F22NO3S. The quantitative estimate of drug-likeness (QED) is 0.181. The SMILES string of the molecule is N.O=S(=O)(O)C(F)C(F)(F)C(F)(F)C(F)(F)C(F)(F)C(F)(F)C(F)(F)C(F)(F)C(F)(F)C(F)(F)C(F)C(F)F. The summed E-state index contributed by atoms with van der Waals surface area (Å²) >= 11 is 0. The Balaban J connectivity index is 0. The molecule has 27 heteroatoms. The summed E-state index contributed by atoms with van der Waals surface area (Å²) in [6.45, 7) is 0. The van der Waals surface area contributed by atoms with Crippen LogP contribution in [0, 0.1) is 0 Å². The second kappa shape index (κ2) is 10.0. The van der Waals surface area contributed by atoms with Gasteiger partial charge in [-0.3, -0.25) is 4.55 Å². The molecule has 0 radical (unpaired) electrons. The Bertz CT molecular complexity index is 977. The van der Waals surface area contributed by atoms with Crippen molar-refractivity contribution >= 4 is 10.1 Å². The predicted molar refractivity (Wildman–Crippen MR) is 76.9 cm³/mol. The van der Waals surface area contributed by atoms with E-state index in [1.54, 1.807) is 0 Å². The van der Waals surface area contributed by atoms with Crippen LogP contribution in [0.3, 0.4) is 0 Å². The number of rotatable bonds is 12. The number of halogens is 22. The molecule has 0 aliphatic heterocycles. The van der Waals surface area contributed by atoms with E-state index < -0.39 is 81.5 Å². The first kappa shape index (κ1) is 39.5. The molecule has 0 aromatic heterocycles. The van der Waals surface area contributed by atoms with Gasteiger partial charge < -0.3 is 6.15 Å². The van der Waals surface area contributed by atoms with Crippen LogP contribution in [-0.4, -0.2) is 84.4 Å². The molecule has 2 unspecified atom stereocenters. The summed E-state index contributed by atoms with van der Waals surface area (Å²) in [7, 11) is -7.40. The first-order valence-corrected chi connectivity index (χ1v) is 9.44. The predicted octanol–water partition coefficient (Wildman–Crippen LogP) is 6.65. The lowest BCUT2D eigenvalue weighted by Gasteiger charge is -2.44. The van der Waals surface area contributed by atoms with Crippen LogP contribution in [0.4, 0.5) is 96.6 Å². The minimum Gasteiger partial charge on any atom is -0.344 e. The number of alkyl halides is 22. The van der Waals surface area contributed by atoms with Gasteiger partial charge in [-0.05, 0) is 0 Å². The van der Waals surface area contributed by atoms with Crippen molar-refractivity contribution in [3.63, 3.8) is 0 Å². The minimum atomic E-state index is -9.38. The standard InChI is InChI=1S/C12H4F22O3S.H3N/c13-1(2(14)15)4(17,18)6(21,22)8(25,26)10(29,30)12(33,34)11(31,32)9(27,28)7(23,24)5(19,20)3(16)38(35,36)37;/h1-3H,(H,35,36,37);1H3. The van der Waals surface area contributed by atoms with E-state index in [4.69, 9.17) is 4.55 Å². The maximum atomic E-state index is 13.5. The largest absolute Gasteiger partial charge is 0.385 e. The normalized spacial score (nSPS) is 17.6. The molecule has 0 spiro atoms. The molecule has 0 aromatic carbocycles. The van der Waals surface area contributed by atoms with Crippen LogP contribution in [0.25, 0.3) is 0 Å². The highest BCUT2D eigenvalue weighted by Gasteiger charge is 2.97. The van der Waals surface area contributed by atoms with Crippen LogP contribution in [0.15, 0.2) is 0 Å². The van der Waals surface area contributed by atoms with Gasteiger partial charge in [0.1, 0.15) is 0 Å². The Hall–Kier alpha value is -1.67. The highest BCUT2D eigenvalue weighted by Crippen LogP contribution is 2.65. The van der Waals surface area contributed by atoms with E-state index in [1.807, 2.05) is 0 Å². The Morgan fingerprint density at radius 1 is 0.436 bits per heavy atom. The highest BCUT2D eigenvalue weighted by atomic mass is 32.2. The number of hydrogen-bond acceptors (Lipinski definition) is 3. The van der Waals surface area contributed by atoms with Gasteiger partial charge in [0.25, 0.3) is 11.9 Å². The fourth-order valence-corrected chi connectivity index (χ4v) is 2.59. The first-order valence-electron chi connectivity index (χ1n) is 7.94. The minimum absolute atomic E-state index is 0. The van der Waals surface area contributed by atoms with Gasteiger partial charge in [-0.2, -0.15) is 87.4 Å². The fraction of sp³-hybridized carbons (Fsp3) is 1.00. The fourth-order valence-electron chi connectivity index (χ4n) is 2.07. The number of hydrogen-bond donors (Lipinski definition) is 2. The molecule has 4 N–H and O–H groups in total. The molecule has 2 atom stereocenters. The van der Waals surface area contributed by atoms with E-state index in [-0.39, 0.29) is 6.15 Å². The molecule has 0 aliphatic rings. The van der Waals surface area contributed by atoms with E-state index >= 15 is 0 Å². The zero-order valence-corrected chi connectivity index (χ0v) is 17.7. The third kappa shape index (κ3) is 5.02. The molecule has 0 amide bonds. The third-order valence-corrected chi connectivity index (χ3v) is 5.14. The van der Waals surface area contributed by atoms with Crippen molar-refractivity contribution < 1.29 is 110 Å². The van der Waals surface area contributed by atoms with Crippen molar-refractivity contribution in [2.45, 2.75) is 71.4 Å². The summed E-state index contributed by atoms with van der Waals surface area (Å²) in [5.74, 6) is -79.8. The van der Waals surface area contributed by atoms with Gasteiger partial charge in [-0.15, -0.1) is 0 Å². The average molecular weight is 663 g/mol. The zero-order valence-electron chi connectivity index (χ0n) is 16.9. The van der Waals surface area contributed by atoms with E-state index in [0.29, 0.717) is 0 Å². The van der Waals surface area contributed by atoms with Gasteiger partial charge >= 0.3 is 63.4 Å². The van der Waals surface area contributed by atoms with Crippen molar-refractivity contribution in [2.24, 2.45) is 0 Å². The molecule has 39 heavy (non-hydrogen) atoms. The van der Waals surface area contributed by atoms with Crippen LogP contribution in [-0.2, 0) is 10.1 Å². The summed E-state index contributed by atoms with van der Waals surface area (Å²) in [5.41, 5.74) is -6.19. The Morgan fingerprint density at radius 3 is 0.846 bits per heavy atom. The summed E-state index contributed by atoms with van der Waals surface area (Å²) < 4.78 is 317. The lowest BCUT2D eigenvalue weighted by Crippen LogP contribution is -2.77. The molecular weight excluding hydrogens is 656 g/mol. The van der Waals surface area contributed by atoms with Crippen molar-refractivity contribution in [3.05, 3.63) is 0 Å². The van der Waals surface area contributed by atoms with Gasteiger partial charge in [0.15, 0.2) is 0 Å². The second-order valence-electron chi connectivity index (χ2n) is 6.83. The molecule has 0 heterocycles. The van der Waals surface area contributed by atoms with Crippen LogP contribution >= 0.6 is 0 Å². The maximum absolute atomic E-state index is 13.5. The molecule has 4 nitrogen and oxygen atoms in total. The topological polar surface area (TPSA) is 89.4 Å². The molecule has 0 aliphatic carbocycles. The van der Waals surface area contributed by atoms with Gasteiger partial charge in [0.05, 0.1) is 0 Å². The molecule has 0 fully saturated rings. The van der Waals surface area contributed by atoms with Gasteiger partial charge in [-0.25, -0.2) is 17.6 Å². The maximum Gasteiger partial charge on any atom is 0.385 e.